The third-order valence-electron chi connectivity index (χ3n) is 3.59. The molecule has 0 fully saturated rings. The van der Waals surface area contributed by atoms with Crippen molar-refractivity contribution in [3.63, 3.8) is 0 Å². The monoisotopic (exact) mass is 323 g/mol. The van der Waals surface area contributed by atoms with Gasteiger partial charge in [0.1, 0.15) is 0 Å². The van der Waals surface area contributed by atoms with E-state index in [1.54, 1.807) is 14.1 Å². The summed E-state index contributed by atoms with van der Waals surface area (Å²) in [5.74, 6) is -0.310. The number of ether oxygens (including phenoxy) is 1. The summed E-state index contributed by atoms with van der Waals surface area (Å²) in [5, 5.41) is 8.05. The highest BCUT2D eigenvalue weighted by Crippen LogP contribution is 2.06. The predicted octanol–water partition coefficient (Wildman–Crippen LogP) is -0.0494. The minimum atomic E-state index is -0.427. The molecular formula is C14H21N5O4. The summed E-state index contributed by atoms with van der Waals surface area (Å²) in [5.41, 5.74) is -0.370. The molecule has 0 amide bonds. The predicted molar refractivity (Wildman–Crippen MR) is 83.1 cm³/mol. The van der Waals surface area contributed by atoms with Crippen molar-refractivity contribution < 1.29 is 9.53 Å². The van der Waals surface area contributed by atoms with Crippen LogP contribution in [0.4, 0.5) is 0 Å². The summed E-state index contributed by atoms with van der Waals surface area (Å²) in [6.07, 6.45) is 1.88. The molecular weight excluding hydrogens is 302 g/mol. The Morgan fingerprint density at radius 2 is 1.91 bits per heavy atom. The minimum Gasteiger partial charge on any atom is -0.463 e. The lowest BCUT2D eigenvalue weighted by Gasteiger charge is -2.11. The fourth-order valence-electron chi connectivity index (χ4n) is 2.49. The Bertz CT molecular complexity index is 832. The molecule has 0 unspecified atom stereocenters. The first kappa shape index (κ1) is 16.9. The molecule has 0 radical (unpaired) electrons. The molecule has 2 rings (SSSR count). The fraction of sp³-hybridized carbons (Fsp3) is 0.643. The van der Waals surface area contributed by atoms with Crippen LogP contribution >= 0.6 is 0 Å². The maximum Gasteiger partial charge on any atom is 0.332 e. The van der Waals surface area contributed by atoms with Gasteiger partial charge in [-0.25, -0.2) is 4.79 Å². The van der Waals surface area contributed by atoms with Crippen LogP contribution in [0.3, 0.4) is 0 Å². The molecule has 0 saturated heterocycles. The Labute approximate surface area is 132 Å². The van der Waals surface area contributed by atoms with E-state index in [4.69, 9.17) is 4.74 Å². The summed E-state index contributed by atoms with van der Waals surface area (Å²) in [6, 6.07) is 0. The lowest BCUT2D eigenvalue weighted by molar-refractivity contribution is -0.145. The molecule has 0 saturated carbocycles. The fourth-order valence-corrected chi connectivity index (χ4v) is 2.49. The highest BCUT2D eigenvalue weighted by atomic mass is 16.5. The lowest BCUT2D eigenvalue weighted by atomic mass is 10.2. The summed E-state index contributed by atoms with van der Waals surface area (Å²) >= 11 is 0. The van der Waals surface area contributed by atoms with Gasteiger partial charge in [0, 0.05) is 27.6 Å². The molecule has 9 nitrogen and oxygen atoms in total. The van der Waals surface area contributed by atoms with E-state index in [1.165, 1.54) is 20.9 Å². The first-order chi connectivity index (χ1) is 10.8. The van der Waals surface area contributed by atoms with Crippen molar-refractivity contribution in [3.8, 4) is 0 Å². The number of nitrogens with zero attached hydrogens (tertiary/aromatic N) is 5. The number of carbonyl (C=O) groups is 1. The van der Waals surface area contributed by atoms with Crippen LogP contribution in [0.25, 0.3) is 11.2 Å². The van der Waals surface area contributed by atoms with Gasteiger partial charge < -0.3 is 4.74 Å². The quantitative estimate of drug-likeness (QED) is 0.546. The van der Waals surface area contributed by atoms with Gasteiger partial charge in [0.15, 0.2) is 11.2 Å². The van der Waals surface area contributed by atoms with Gasteiger partial charge >= 0.3 is 11.7 Å². The molecule has 1 atom stereocenters. The molecule has 0 aliphatic carbocycles. The van der Waals surface area contributed by atoms with Crippen molar-refractivity contribution in [1.29, 1.82) is 0 Å². The summed E-state index contributed by atoms with van der Waals surface area (Å²) < 4.78 is 7.53. The number of unbranched alkanes of at least 4 members (excludes halogenated alkanes) is 1. The normalized spacial score (nSPS) is 12.5. The Balaban J connectivity index is 2.10. The number of fused-ring (bicyclic) bond motifs is 1. The van der Waals surface area contributed by atoms with Crippen LogP contribution in [0.5, 0.6) is 0 Å². The Morgan fingerprint density at radius 3 is 2.57 bits per heavy atom. The number of hydrogen-bond acceptors (Lipinski definition) is 6. The van der Waals surface area contributed by atoms with E-state index in [9.17, 15) is 14.4 Å². The van der Waals surface area contributed by atoms with Crippen molar-refractivity contribution in [3.05, 3.63) is 20.8 Å². The van der Waals surface area contributed by atoms with E-state index < -0.39 is 11.2 Å². The highest BCUT2D eigenvalue weighted by Gasteiger charge is 2.15. The Kier molecular flexibility index (Phi) is 4.97. The molecule has 0 aromatic carbocycles. The third-order valence-corrected chi connectivity index (χ3v) is 3.59. The average Bonchev–Trinajstić information content (AvgIpc) is 2.85. The first-order valence-corrected chi connectivity index (χ1v) is 7.49. The second-order valence-corrected chi connectivity index (χ2v) is 5.58. The van der Waals surface area contributed by atoms with Crippen LogP contribution in [0, 0.1) is 0 Å². The standard InChI is InChI=1S/C14H21N5O4/c1-9(23-10(2)20)7-5-6-8-19-13(21)11-12(16-18(4)15-11)17(3)14(19)22/h9H,5-8H2,1-4H3/t9-/m1/s1. The second-order valence-electron chi connectivity index (χ2n) is 5.58. The zero-order valence-corrected chi connectivity index (χ0v) is 13.8. The Morgan fingerprint density at radius 1 is 1.22 bits per heavy atom. The molecule has 9 heteroatoms. The maximum absolute atomic E-state index is 12.4. The van der Waals surface area contributed by atoms with E-state index in [-0.39, 0.29) is 23.2 Å². The van der Waals surface area contributed by atoms with Gasteiger partial charge in [0.25, 0.3) is 5.56 Å². The highest BCUT2D eigenvalue weighted by molar-refractivity contribution is 5.67. The van der Waals surface area contributed by atoms with Gasteiger partial charge in [0.05, 0.1) is 6.10 Å². The molecule has 0 bridgehead atoms. The van der Waals surface area contributed by atoms with Crippen molar-refractivity contribution >= 4 is 17.1 Å². The van der Waals surface area contributed by atoms with Gasteiger partial charge in [-0.15, -0.1) is 10.2 Å². The number of esters is 1. The van der Waals surface area contributed by atoms with Crippen molar-refractivity contribution in [2.45, 2.75) is 45.8 Å². The van der Waals surface area contributed by atoms with E-state index in [0.717, 1.165) is 6.42 Å². The smallest absolute Gasteiger partial charge is 0.332 e. The van der Waals surface area contributed by atoms with Gasteiger partial charge in [-0.1, -0.05) is 0 Å². The Hall–Kier alpha value is -2.45. The maximum atomic E-state index is 12.4. The molecule has 0 aliphatic rings. The van der Waals surface area contributed by atoms with E-state index in [1.807, 2.05) is 6.92 Å². The SMILES string of the molecule is CC(=O)O[C@H](C)CCCCn1c(=O)c2nn(C)nc2n(C)c1=O. The molecule has 2 aromatic rings. The summed E-state index contributed by atoms with van der Waals surface area (Å²) in [7, 11) is 3.17. The van der Waals surface area contributed by atoms with Crippen LogP contribution in [0.2, 0.25) is 0 Å². The molecule has 126 valence electrons. The van der Waals surface area contributed by atoms with Gasteiger partial charge in [-0.3, -0.25) is 18.7 Å². The number of rotatable bonds is 6. The van der Waals surface area contributed by atoms with Crippen molar-refractivity contribution in [2.75, 3.05) is 0 Å². The van der Waals surface area contributed by atoms with Gasteiger partial charge in [-0.05, 0) is 26.2 Å². The molecule has 2 heterocycles. The van der Waals surface area contributed by atoms with Crippen molar-refractivity contribution in [2.24, 2.45) is 14.1 Å². The number of aryl methyl sites for hydroxylation is 2. The lowest BCUT2D eigenvalue weighted by Crippen LogP contribution is -2.39. The number of hydrogen-bond donors (Lipinski definition) is 0. The van der Waals surface area contributed by atoms with Crippen molar-refractivity contribution in [1.82, 2.24) is 24.1 Å². The average molecular weight is 323 g/mol. The molecule has 2 aromatic heterocycles. The van der Waals surface area contributed by atoms with E-state index in [2.05, 4.69) is 10.2 Å². The van der Waals surface area contributed by atoms with Gasteiger partial charge in [-0.2, -0.15) is 4.80 Å². The summed E-state index contributed by atoms with van der Waals surface area (Å²) in [4.78, 5) is 36.7. The van der Waals surface area contributed by atoms with Gasteiger partial charge in [0.2, 0.25) is 0 Å². The van der Waals surface area contributed by atoms with E-state index >= 15 is 0 Å². The number of aromatic nitrogens is 5. The van der Waals surface area contributed by atoms with Crippen LogP contribution in [0.1, 0.15) is 33.1 Å². The molecule has 0 aliphatic heterocycles. The molecule has 0 spiro atoms. The van der Waals surface area contributed by atoms with E-state index in [0.29, 0.717) is 19.4 Å². The first-order valence-electron chi connectivity index (χ1n) is 7.49. The zero-order valence-electron chi connectivity index (χ0n) is 13.8. The minimum absolute atomic E-state index is 0.172. The summed E-state index contributed by atoms with van der Waals surface area (Å²) in [6.45, 7) is 3.49. The van der Waals surface area contributed by atoms with Crippen LogP contribution in [-0.2, 0) is 30.2 Å². The topological polar surface area (TPSA) is 101 Å². The van der Waals surface area contributed by atoms with Crippen LogP contribution in [0.15, 0.2) is 9.59 Å². The van der Waals surface area contributed by atoms with Crippen LogP contribution < -0.4 is 11.2 Å². The third kappa shape index (κ3) is 3.66. The zero-order chi connectivity index (χ0) is 17.1. The van der Waals surface area contributed by atoms with Crippen LogP contribution in [-0.4, -0.2) is 36.2 Å². The molecule has 23 heavy (non-hydrogen) atoms. The molecule has 0 N–H and O–H groups in total. The largest absolute Gasteiger partial charge is 0.463 e. The number of carbonyl (C=O) groups excluding carboxylic acids is 1. The second kappa shape index (κ2) is 6.76.